The zero-order chi connectivity index (χ0) is 15.7. The number of hydrogen-bond acceptors (Lipinski definition) is 3. The summed E-state index contributed by atoms with van der Waals surface area (Å²) in [5, 5.41) is 16.0. The van der Waals surface area contributed by atoms with Crippen molar-refractivity contribution in [3.63, 3.8) is 0 Å². The molecule has 0 spiro atoms. The quantitative estimate of drug-likeness (QED) is 0.797. The number of anilines is 1. The highest BCUT2D eigenvalue weighted by Gasteiger charge is 2.39. The van der Waals surface area contributed by atoms with Crippen molar-refractivity contribution in [1.82, 2.24) is 5.32 Å². The molecule has 5 heteroatoms. The summed E-state index contributed by atoms with van der Waals surface area (Å²) in [6.07, 6.45) is 4.81. The van der Waals surface area contributed by atoms with E-state index in [0.29, 0.717) is 30.1 Å². The molecule has 0 aliphatic heterocycles. The molecule has 118 valence electrons. The van der Waals surface area contributed by atoms with Gasteiger partial charge in [0.2, 0.25) is 0 Å². The number of nitrogens with one attached hydrogen (secondary N) is 2. The third-order valence-corrected chi connectivity index (χ3v) is 4.51. The number of hydrogen-bond donors (Lipinski definition) is 3. The first kappa shape index (κ1) is 15.0. The highest BCUT2D eigenvalue weighted by Crippen LogP contribution is 2.31. The molecule has 0 heterocycles. The van der Waals surface area contributed by atoms with Gasteiger partial charge in [0.05, 0.1) is 0 Å². The third-order valence-electron chi connectivity index (χ3n) is 4.51. The summed E-state index contributed by atoms with van der Waals surface area (Å²) in [6.45, 7) is 1.87. The Morgan fingerprint density at radius 2 is 1.91 bits per heavy atom. The second kappa shape index (κ2) is 5.72. The second-order valence-corrected chi connectivity index (χ2v) is 6.47. The van der Waals surface area contributed by atoms with Gasteiger partial charge in [0.15, 0.2) is 0 Å². The summed E-state index contributed by atoms with van der Waals surface area (Å²) in [7, 11) is 0. The van der Waals surface area contributed by atoms with Crippen molar-refractivity contribution < 1.29 is 14.7 Å². The molecule has 2 fully saturated rings. The maximum atomic E-state index is 12.3. The minimum absolute atomic E-state index is 0.113. The first-order chi connectivity index (χ1) is 10.5. The molecule has 0 aromatic heterocycles. The average Bonchev–Trinajstić information content (AvgIpc) is 3.19. The van der Waals surface area contributed by atoms with Crippen LogP contribution in [0.1, 0.15) is 54.4 Å². The van der Waals surface area contributed by atoms with Crippen molar-refractivity contribution in [3.8, 4) is 0 Å². The highest BCUT2D eigenvalue weighted by atomic mass is 16.3. The number of carbonyl (C=O) groups is 2. The molecule has 2 saturated carbocycles. The molecule has 0 bridgehead atoms. The molecule has 5 nitrogen and oxygen atoms in total. The van der Waals surface area contributed by atoms with Gasteiger partial charge in [0.1, 0.15) is 5.60 Å². The largest absolute Gasteiger partial charge is 0.380 e. The number of amides is 2. The number of benzene rings is 1. The first-order valence-electron chi connectivity index (χ1n) is 7.93. The van der Waals surface area contributed by atoms with Gasteiger partial charge in [-0.3, -0.25) is 9.59 Å². The maximum Gasteiger partial charge on any atom is 0.256 e. The predicted molar refractivity (Wildman–Crippen MR) is 83.7 cm³/mol. The van der Waals surface area contributed by atoms with Crippen LogP contribution >= 0.6 is 0 Å². The minimum Gasteiger partial charge on any atom is -0.380 e. The average molecular weight is 302 g/mol. The Kier molecular flexibility index (Phi) is 3.91. The van der Waals surface area contributed by atoms with Crippen molar-refractivity contribution in [1.29, 1.82) is 0 Å². The van der Waals surface area contributed by atoms with Crippen molar-refractivity contribution in [3.05, 3.63) is 29.3 Å². The first-order valence-corrected chi connectivity index (χ1v) is 7.93. The molecule has 0 saturated heterocycles. The van der Waals surface area contributed by atoms with E-state index in [2.05, 4.69) is 10.6 Å². The fourth-order valence-electron chi connectivity index (χ4n) is 2.82. The summed E-state index contributed by atoms with van der Waals surface area (Å²) in [6, 6.07) is 5.55. The fourth-order valence-corrected chi connectivity index (χ4v) is 2.82. The van der Waals surface area contributed by atoms with Crippen molar-refractivity contribution in [2.24, 2.45) is 0 Å². The predicted octanol–water partition coefficient (Wildman–Crippen LogP) is 2.13. The van der Waals surface area contributed by atoms with E-state index >= 15 is 0 Å². The van der Waals surface area contributed by atoms with Gasteiger partial charge < -0.3 is 15.7 Å². The summed E-state index contributed by atoms with van der Waals surface area (Å²) in [5.41, 5.74) is 0.733. The van der Waals surface area contributed by atoms with Gasteiger partial charge in [-0.05, 0) is 63.1 Å². The second-order valence-electron chi connectivity index (χ2n) is 6.47. The monoisotopic (exact) mass is 302 g/mol. The smallest absolute Gasteiger partial charge is 0.256 e. The van der Waals surface area contributed by atoms with Crippen molar-refractivity contribution >= 4 is 17.5 Å². The van der Waals surface area contributed by atoms with E-state index in [0.717, 1.165) is 31.2 Å². The van der Waals surface area contributed by atoms with Crippen LogP contribution in [0.25, 0.3) is 0 Å². The van der Waals surface area contributed by atoms with E-state index in [1.54, 1.807) is 12.1 Å². The Morgan fingerprint density at radius 3 is 2.55 bits per heavy atom. The summed E-state index contributed by atoms with van der Waals surface area (Å²) >= 11 is 0. The topological polar surface area (TPSA) is 78.4 Å². The lowest BCUT2D eigenvalue weighted by atomic mass is 10.0. The van der Waals surface area contributed by atoms with Gasteiger partial charge in [0.25, 0.3) is 11.8 Å². The molecule has 3 rings (SSSR count). The Labute approximate surface area is 130 Å². The van der Waals surface area contributed by atoms with Crippen LogP contribution in [-0.4, -0.2) is 28.6 Å². The number of aliphatic hydroxyl groups is 1. The van der Waals surface area contributed by atoms with Gasteiger partial charge in [-0.25, -0.2) is 0 Å². The highest BCUT2D eigenvalue weighted by molar-refractivity contribution is 6.00. The van der Waals surface area contributed by atoms with Crippen molar-refractivity contribution in [2.75, 3.05) is 5.32 Å². The van der Waals surface area contributed by atoms with Crippen LogP contribution in [0.5, 0.6) is 0 Å². The van der Waals surface area contributed by atoms with E-state index < -0.39 is 5.60 Å². The SMILES string of the molecule is Cc1ccc(C(=O)NC2CC2)cc1NC(=O)C1(O)CCCC1. The van der Waals surface area contributed by atoms with Gasteiger partial charge >= 0.3 is 0 Å². The molecule has 2 aliphatic carbocycles. The van der Waals surface area contributed by atoms with Gasteiger partial charge in [-0.2, -0.15) is 0 Å². The Morgan fingerprint density at radius 1 is 1.23 bits per heavy atom. The third kappa shape index (κ3) is 3.14. The van der Waals surface area contributed by atoms with Crippen LogP contribution in [0.2, 0.25) is 0 Å². The van der Waals surface area contributed by atoms with Gasteiger partial charge in [-0.1, -0.05) is 6.07 Å². The lowest BCUT2D eigenvalue weighted by molar-refractivity contribution is -0.133. The summed E-state index contributed by atoms with van der Waals surface area (Å²) in [4.78, 5) is 24.4. The van der Waals surface area contributed by atoms with Crippen LogP contribution in [0.15, 0.2) is 18.2 Å². The van der Waals surface area contributed by atoms with E-state index in [1.807, 2.05) is 13.0 Å². The fraction of sp³-hybridized carbons (Fsp3) is 0.529. The summed E-state index contributed by atoms with van der Waals surface area (Å²) in [5.74, 6) is -0.481. The lowest BCUT2D eigenvalue weighted by Gasteiger charge is -2.22. The van der Waals surface area contributed by atoms with Gasteiger partial charge in [-0.15, -0.1) is 0 Å². The Bertz CT molecular complexity index is 602. The van der Waals surface area contributed by atoms with Crippen LogP contribution in [-0.2, 0) is 4.79 Å². The normalized spacial score (nSPS) is 19.7. The number of rotatable bonds is 4. The molecule has 2 aliphatic rings. The van der Waals surface area contributed by atoms with Crippen LogP contribution < -0.4 is 10.6 Å². The molecule has 22 heavy (non-hydrogen) atoms. The summed E-state index contributed by atoms with van der Waals surface area (Å²) < 4.78 is 0. The molecular weight excluding hydrogens is 280 g/mol. The molecule has 1 aromatic rings. The van der Waals surface area contributed by atoms with Crippen LogP contribution in [0, 0.1) is 6.92 Å². The molecule has 1 aromatic carbocycles. The van der Waals surface area contributed by atoms with E-state index in [-0.39, 0.29) is 11.8 Å². The van der Waals surface area contributed by atoms with Crippen LogP contribution in [0.4, 0.5) is 5.69 Å². The number of aryl methyl sites for hydroxylation is 1. The standard InChI is InChI=1S/C17H22N2O3/c1-11-4-5-12(15(20)18-13-6-7-13)10-14(11)19-16(21)17(22)8-2-3-9-17/h4-5,10,13,22H,2-3,6-9H2,1H3,(H,18,20)(H,19,21). The van der Waals surface area contributed by atoms with Crippen LogP contribution in [0.3, 0.4) is 0 Å². The maximum absolute atomic E-state index is 12.3. The minimum atomic E-state index is -1.27. The van der Waals surface area contributed by atoms with E-state index in [4.69, 9.17) is 0 Å². The molecular formula is C17H22N2O3. The van der Waals surface area contributed by atoms with E-state index in [9.17, 15) is 14.7 Å². The lowest BCUT2D eigenvalue weighted by Crippen LogP contribution is -2.40. The molecule has 3 N–H and O–H groups in total. The van der Waals surface area contributed by atoms with Crippen molar-refractivity contribution in [2.45, 2.75) is 57.1 Å². The van der Waals surface area contributed by atoms with E-state index in [1.165, 1.54) is 0 Å². The zero-order valence-corrected chi connectivity index (χ0v) is 12.8. The Balaban J connectivity index is 1.74. The molecule has 0 unspecified atom stereocenters. The van der Waals surface area contributed by atoms with Gasteiger partial charge in [0, 0.05) is 17.3 Å². The molecule has 2 amide bonds. The Hall–Kier alpha value is -1.88. The molecule has 0 atom stereocenters. The zero-order valence-electron chi connectivity index (χ0n) is 12.8. The molecule has 0 radical (unpaired) electrons. The number of carbonyl (C=O) groups excluding carboxylic acids is 2.